The Hall–Kier alpha value is -6.64. The first kappa shape index (κ1) is 29.5. The molecule has 0 aliphatic heterocycles. The molecule has 2 aromatic heterocycles. The van der Waals surface area contributed by atoms with Gasteiger partial charge in [0.2, 0.25) is 0 Å². The Morgan fingerprint density at radius 3 is 0.880 bits per heavy atom. The minimum Gasteiger partial charge on any atom is -0.264 e. The molecule has 2 nitrogen and oxygen atoms in total. The fourth-order valence-electron chi connectivity index (χ4n) is 7.29. The van der Waals surface area contributed by atoms with Crippen LogP contribution >= 0.6 is 0 Å². The van der Waals surface area contributed by atoms with Crippen LogP contribution in [0, 0.1) is 0 Å². The zero-order chi connectivity index (χ0) is 33.3. The number of pyridine rings is 2. The molecule has 0 saturated carbocycles. The molecule has 0 unspecified atom stereocenters. The Balaban J connectivity index is 1.35. The topological polar surface area (TPSA) is 25.8 Å². The summed E-state index contributed by atoms with van der Waals surface area (Å²) in [6.45, 7) is 0. The van der Waals surface area contributed by atoms with E-state index in [1.165, 1.54) is 66.1 Å². The quantitative estimate of drug-likeness (QED) is 0.170. The molecule has 0 spiro atoms. The van der Waals surface area contributed by atoms with Crippen molar-refractivity contribution in [3.05, 3.63) is 195 Å². The van der Waals surface area contributed by atoms with Crippen molar-refractivity contribution in [2.24, 2.45) is 0 Å². The van der Waals surface area contributed by atoms with Gasteiger partial charge < -0.3 is 0 Å². The van der Waals surface area contributed by atoms with Crippen molar-refractivity contribution in [1.82, 2.24) is 9.97 Å². The molecular weight excluding hydrogens is 605 g/mol. The lowest BCUT2D eigenvalue weighted by atomic mass is 9.83. The first-order chi connectivity index (χ1) is 24.8. The van der Waals surface area contributed by atoms with Gasteiger partial charge in [0, 0.05) is 35.9 Å². The van der Waals surface area contributed by atoms with E-state index in [-0.39, 0.29) is 0 Å². The van der Waals surface area contributed by atoms with Crippen molar-refractivity contribution in [3.63, 3.8) is 0 Å². The van der Waals surface area contributed by atoms with Crippen LogP contribution in [-0.4, -0.2) is 9.97 Å². The molecule has 0 atom stereocenters. The van der Waals surface area contributed by atoms with Gasteiger partial charge in [0.15, 0.2) is 0 Å². The maximum atomic E-state index is 4.46. The highest BCUT2D eigenvalue weighted by Crippen LogP contribution is 2.46. The molecule has 0 fully saturated rings. The number of hydrogen-bond acceptors (Lipinski definition) is 2. The molecule has 0 aliphatic carbocycles. The van der Waals surface area contributed by atoms with E-state index in [0.29, 0.717) is 0 Å². The van der Waals surface area contributed by atoms with Crippen LogP contribution in [-0.2, 0) is 0 Å². The maximum Gasteiger partial charge on any atom is 0.0346 e. The summed E-state index contributed by atoms with van der Waals surface area (Å²) in [4.78, 5) is 8.93. The molecule has 2 heteroatoms. The molecule has 0 N–H and O–H groups in total. The van der Waals surface area contributed by atoms with E-state index >= 15 is 0 Å². The number of nitrogens with zero attached hydrogens (tertiary/aromatic N) is 2. The number of aromatic nitrogens is 2. The summed E-state index contributed by atoms with van der Waals surface area (Å²) >= 11 is 0. The van der Waals surface area contributed by atoms with E-state index in [1.54, 1.807) is 0 Å². The number of rotatable bonds is 6. The van der Waals surface area contributed by atoms with Gasteiger partial charge >= 0.3 is 0 Å². The molecule has 0 saturated heterocycles. The van der Waals surface area contributed by atoms with Gasteiger partial charge in [-0.15, -0.1) is 0 Å². The van der Waals surface area contributed by atoms with E-state index in [9.17, 15) is 0 Å². The first-order valence-corrected chi connectivity index (χ1v) is 17.0. The minimum atomic E-state index is 1.09. The summed E-state index contributed by atoms with van der Waals surface area (Å²) in [6, 6.07) is 61.3. The Morgan fingerprint density at radius 2 is 0.540 bits per heavy atom. The average molecular weight is 637 g/mol. The lowest BCUT2D eigenvalue weighted by molar-refractivity contribution is 1.33. The van der Waals surface area contributed by atoms with Gasteiger partial charge in [0.05, 0.1) is 0 Å². The molecule has 0 bridgehead atoms. The summed E-state index contributed by atoms with van der Waals surface area (Å²) in [7, 11) is 0. The molecule has 7 aromatic carbocycles. The summed E-state index contributed by atoms with van der Waals surface area (Å²) in [5.41, 5.74) is 14.0. The highest BCUT2D eigenvalue weighted by molar-refractivity contribution is 6.22. The van der Waals surface area contributed by atoms with Crippen LogP contribution in [0.4, 0.5) is 0 Å². The van der Waals surface area contributed by atoms with E-state index in [1.807, 2.05) is 36.9 Å². The van der Waals surface area contributed by atoms with Gasteiger partial charge in [-0.2, -0.15) is 0 Å². The molecule has 9 rings (SSSR count). The van der Waals surface area contributed by atoms with Gasteiger partial charge in [0.25, 0.3) is 0 Å². The maximum absolute atomic E-state index is 4.46. The van der Waals surface area contributed by atoms with E-state index < -0.39 is 0 Å². The molecule has 234 valence electrons. The van der Waals surface area contributed by atoms with Gasteiger partial charge in [-0.1, -0.05) is 121 Å². The summed E-state index contributed by atoms with van der Waals surface area (Å²) in [5.74, 6) is 0. The highest BCUT2D eigenvalue weighted by Gasteiger charge is 2.19. The summed E-state index contributed by atoms with van der Waals surface area (Å²) < 4.78 is 0. The molecule has 0 amide bonds. The Bertz CT molecular complexity index is 2260. The lowest BCUT2D eigenvalue weighted by Crippen LogP contribution is -1.93. The summed E-state index contributed by atoms with van der Waals surface area (Å²) in [6.07, 6.45) is 7.56. The van der Waals surface area contributed by atoms with Crippen LogP contribution in [0.1, 0.15) is 0 Å². The third-order valence-electron chi connectivity index (χ3n) is 9.58. The Morgan fingerprint density at radius 1 is 0.240 bits per heavy atom. The van der Waals surface area contributed by atoms with Crippen LogP contribution in [0.25, 0.3) is 88.3 Å². The fourth-order valence-corrected chi connectivity index (χ4v) is 7.29. The van der Waals surface area contributed by atoms with E-state index in [2.05, 4.69) is 168 Å². The lowest BCUT2D eigenvalue weighted by Gasteiger charge is -2.20. The highest BCUT2D eigenvalue weighted by atomic mass is 14.6. The van der Waals surface area contributed by atoms with Gasteiger partial charge in [-0.05, 0) is 126 Å². The molecule has 2 heterocycles. The largest absolute Gasteiger partial charge is 0.264 e. The number of benzene rings is 7. The van der Waals surface area contributed by atoms with E-state index in [0.717, 1.165) is 22.3 Å². The van der Waals surface area contributed by atoms with Crippen LogP contribution in [0.5, 0.6) is 0 Å². The van der Waals surface area contributed by atoms with Crippen LogP contribution in [0.15, 0.2) is 195 Å². The smallest absolute Gasteiger partial charge is 0.0346 e. The van der Waals surface area contributed by atoms with Crippen LogP contribution in [0.2, 0.25) is 0 Å². The third-order valence-corrected chi connectivity index (χ3v) is 9.58. The van der Waals surface area contributed by atoms with Crippen molar-refractivity contribution in [3.8, 4) is 66.8 Å². The molecule has 0 aliphatic rings. The second-order valence-electron chi connectivity index (χ2n) is 12.7. The van der Waals surface area contributed by atoms with E-state index in [4.69, 9.17) is 0 Å². The zero-order valence-electron chi connectivity index (χ0n) is 27.4. The molecule has 50 heavy (non-hydrogen) atoms. The van der Waals surface area contributed by atoms with Crippen molar-refractivity contribution in [2.45, 2.75) is 0 Å². The van der Waals surface area contributed by atoms with Crippen LogP contribution in [0.3, 0.4) is 0 Å². The monoisotopic (exact) mass is 636 g/mol. The number of hydrogen-bond donors (Lipinski definition) is 0. The Labute approximate surface area is 292 Å². The van der Waals surface area contributed by atoms with Crippen molar-refractivity contribution < 1.29 is 0 Å². The van der Waals surface area contributed by atoms with Crippen molar-refractivity contribution in [2.75, 3.05) is 0 Å². The third kappa shape index (κ3) is 5.43. The number of fused-ring (bicyclic) bond motifs is 2. The first-order valence-electron chi connectivity index (χ1n) is 17.0. The van der Waals surface area contributed by atoms with Gasteiger partial charge in [-0.3, -0.25) is 9.97 Å². The molecule has 9 aromatic rings. The standard InChI is InChI=1S/C48H32N2/c1-3-13-33(14-4-1)37-25-39(35-17-11-23-49-31-35)29-41(27-37)47-43-19-7-9-21-45(43)48(46-22-10-8-20-44(46)47)42-28-38(34-15-5-2-6-16-34)26-40(30-42)36-18-12-24-50-32-36/h1-32H. The van der Waals surface area contributed by atoms with Crippen molar-refractivity contribution >= 4 is 21.5 Å². The predicted molar refractivity (Wildman–Crippen MR) is 210 cm³/mol. The average Bonchev–Trinajstić information content (AvgIpc) is 3.21. The van der Waals surface area contributed by atoms with Crippen LogP contribution < -0.4 is 0 Å². The molecular formula is C48H32N2. The normalized spacial score (nSPS) is 11.2. The molecule has 0 radical (unpaired) electrons. The Kier molecular flexibility index (Phi) is 7.53. The minimum absolute atomic E-state index is 1.09. The predicted octanol–water partition coefficient (Wildman–Crippen LogP) is 12.8. The van der Waals surface area contributed by atoms with Gasteiger partial charge in [-0.25, -0.2) is 0 Å². The second-order valence-corrected chi connectivity index (χ2v) is 12.7. The fraction of sp³-hybridized carbons (Fsp3) is 0. The second kappa shape index (κ2) is 12.8. The van der Waals surface area contributed by atoms with Gasteiger partial charge in [0.1, 0.15) is 0 Å². The summed E-state index contributed by atoms with van der Waals surface area (Å²) in [5, 5.41) is 4.88. The SMILES string of the molecule is c1ccc(-c2cc(-c3cccnc3)cc(-c3c4ccccc4c(-c4cc(-c5ccccc5)cc(-c5cccnc5)c4)c4ccccc34)c2)cc1. The zero-order valence-corrected chi connectivity index (χ0v) is 27.4. The van der Waals surface area contributed by atoms with Crippen molar-refractivity contribution in [1.29, 1.82) is 0 Å².